The molecule has 1 aromatic heterocycles. The maximum Gasteiger partial charge on any atom is 0.191 e. The van der Waals surface area contributed by atoms with Crippen LogP contribution in [0.1, 0.15) is 23.4 Å². The third-order valence-corrected chi connectivity index (χ3v) is 2.50. The van der Waals surface area contributed by atoms with E-state index in [4.69, 9.17) is 0 Å². The van der Waals surface area contributed by atoms with Gasteiger partial charge in [-0.1, -0.05) is 0 Å². The van der Waals surface area contributed by atoms with Crippen LogP contribution in [0, 0.1) is 13.8 Å². The predicted molar refractivity (Wildman–Crippen MR) is 65.5 cm³/mol. The highest BCUT2D eigenvalue weighted by Crippen LogP contribution is 2.04. The van der Waals surface area contributed by atoms with Crippen LogP contribution in [-0.4, -0.2) is 24.0 Å². The fourth-order valence-corrected chi connectivity index (χ4v) is 1.86. The predicted octanol–water partition coefficient (Wildman–Crippen LogP) is 1.14. The largest absolute Gasteiger partial charge is 0.356 e. The van der Waals surface area contributed by atoms with Crippen molar-refractivity contribution in [3.05, 3.63) is 29.1 Å². The smallest absolute Gasteiger partial charge is 0.191 e. The molecule has 0 atom stereocenters. The summed E-state index contributed by atoms with van der Waals surface area (Å²) >= 11 is 0. The fraction of sp³-hybridized carbons (Fsp3) is 0.500. The average molecular weight is 218 g/mol. The summed E-state index contributed by atoms with van der Waals surface area (Å²) in [6.07, 6.45) is 1.12. The molecule has 1 aliphatic rings. The molecular weight excluding hydrogens is 200 g/mol. The minimum absolute atomic E-state index is 0.802. The fourth-order valence-electron chi connectivity index (χ4n) is 1.86. The van der Waals surface area contributed by atoms with Gasteiger partial charge in [0.1, 0.15) is 0 Å². The average Bonchev–Trinajstić information content (AvgIpc) is 2.27. The lowest BCUT2D eigenvalue weighted by atomic mass is 10.2. The highest BCUT2D eigenvalue weighted by atomic mass is 15.2. The highest BCUT2D eigenvalue weighted by molar-refractivity contribution is 5.80. The molecule has 16 heavy (non-hydrogen) atoms. The van der Waals surface area contributed by atoms with Crippen LogP contribution >= 0.6 is 0 Å². The first kappa shape index (κ1) is 10.9. The lowest BCUT2D eigenvalue weighted by Crippen LogP contribution is -2.40. The number of aliphatic imine (C=N–C) groups is 1. The lowest BCUT2D eigenvalue weighted by Gasteiger charge is -2.16. The molecule has 0 bridgehead atoms. The Morgan fingerprint density at radius 2 is 2.06 bits per heavy atom. The molecule has 2 rings (SSSR count). The van der Waals surface area contributed by atoms with Crippen LogP contribution in [0.3, 0.4) is 0 Å². The van der Waals surface area contributed by atoms with E-state index in [9.17, 15) is 0 Å². The number of hydrogen-bond acceptors (Lipinski definition) is 4. The minimum atomic E-state index is 0.802. The second-order valence-electron chi connectivity index (χ2n) is 4.12. The van der Waals surface area contributed by atoms with E-state index in [1.165, 1.54) is 5.56 Å². The molecule has 0 spiro atoms. The molecule has 0 unspecified atom stereocenters. The maximum absolute atomic E-state index is 4.37. The summed E-state index contributed by atoms with van der Waals surface area (Å²) in [5.74, 6) is 0.915. The molecule has 0 saturated carbocycles. The molecule has 0 aliphatic carbocycles. The Morgan fingerprint density at radius 3 is 2.69 bits per heavy atom. The van der Waals surface area contributed by atoms with Gasteiger partial charge >= 0.3 is 0 Å². The quantitative estimate of drug-likeness (QED) is 0.782. The van der Waals surface area contributed by atoms with Crippen LogP contribution in [0.5, 0.6) is 0 Å². The molecule has 1 aliphatic heterocycles. The molecule has 2 heterocycles. The number of nitrogens with one attached hydrogen (secondary N) is 2. The van der Waals surface area contributed by atoms with Crippen molar-refractivity contribution in [2.45, 2.75) is 26.8 Å². The molecular formula is C12H18N4. The standard InChI is InChI=1S/C12H18N4/c1-9-6-11(7-10(2)16-9)8-15-12-13-4-3-5-14-12/h6-7H,3-5,8H2,1-2H3,(H2,13,14,15). The van der Waals surface area contributed by atoms with E-state index in [1.54, 1.807) is 0 Å². The van der Waals surface area contributed by atoms with Gasteiger partial charge in [-0.05, 0) is 38.0 Å². The summed E-state index contributed by atoms with van der Waals surface area (Å²) in [7, 11) is 0. The van der Waals surface area contributed by atoms with Crippen LogP contribution in [0.25, 0.3) is 0 Å². The third-order valence-electron chi connectivity index (χ3n) is 2.50. The molecule has 0 radical (unpaired) electrons. The van der Waals surface area contributed by atoms with Gasteiger partial charge in [0.15, 0.2) is 5.96 Å². The van der Waals surface area contributed by atoms with Crippen molar-refractivity contribution in [3.8, 4) is 0 Å². The van der Waals surface area contributed by atoms with Crippen molar-refractivity contribution < 1.29 is 0 Å². The summed E-state index contributed by atoms with van der Waals surface area (Å²) in [5, 5.41) is 6.55. The zero-order valence-corrected chi connectivity index (χ0v) is 9.88. The molecule has 0 aromatic carbocycles. The van der Waals surface area contributed by atoms with Crippen molar-refractivity contribution in [1.29, 1.82) is 0 Å². The van der Waals surface area contributed by atoms with Gasteiger partial charge in [0, 0.05) is 31.0 Å². The SMILES string of the molecule is Cc1cc(CNC2=NCCCN2)cc(C)n1. The van der Waals surface area contributed by atoms with Gasteiger partial charge in [-0.25, -0.2) is 0 Å². The molecule has 0 fully saturated rings. The van der Waals surface area contributed by atoms with E-state index >= 15 is 0 Å². The summed E-state index contributed by atoms with van der Waals surface area (Å²) in [6.45, 7) is 6.78. The van der Waals surface area contributed by atoms with Crippen LogP contribution in [0.15, 0.2) is 17.1 Å². The Kier molecular flexibility index (Phi) is 3.39. The first-order valence-electron chi connectivity index (χ1n) is 5.70. The molecule has 4 nitrogen and oxygen atoms in total. The Labute approximate surface area is 96.2 Å². The van der Waals surface area contributed by atoms with E-state index < -0.39 is 0 Å². The van der Waals surface area contributed by atoms with E-state index in [-0.39, 0.29) is 0 Å². The van der Waals surface area contributed by atoms with E-state index in [1.807, 2.05) is 13.8 Å². The van der Waals surface area contributed by atoms with Crippen molar-refractivity contribution >= 4 is 5.96 Å². The Bertz CT molecular complexity index is 378. The lowest BCUT2D eigenvalue weighted by molar-refractivity contribution is 0.701. The molecule has 2 N–H and O–H groups in total. The minimum Gasteiger partial charge on any atom is -0.356 e. The number of pyridine rings is 1. The van der Waals surface area contributed by atoms with Crippen molar-refractivity contribution in [2.75, 3.05) is 13.1 Å². The van der Waals surface area contributed by atoms with Crippen LogP contribution in [-0.2, 0) is 6.54 Å². The van der Waals surface area contributed by atoms with E-state index in [0.29, 0.717) is 0 Å². The zero-order chi connectivity index (χ0) is 11.4. The molecule has 86 valence electrons. The third kappa shape index (κ3) is 2.95. The van der Waals surface area contributed by atoms with Gasteiger partial charge in [-0.2, -0.15) is 0 Å². The van der Waals surface area contributed by atoms with Gasteiger partial charge in [0.25, 0.3) is 0 Å². The van der Waals surface area contributed by atoms with Crippen molar-refractivity contribution in [1.82, 2.24) is 15.6 Å². The monoisotopic (exact) mass is 218 g/mol. The van der Waals surface area contributed by atoms with E-state index in [2.05, 4.69) is 32.7 Å². The Hall–Kier alpha value is -1.58. The van der Waals surface area contributed by atoms with Crippen molar-refractivity contribution in [3.63, 3.8) is 0 Å². The maximum atomic E-state index is 4.37. The summed E-state index contributed by atoms with van der Waals surface area (Å²) in [5.41, 5.74) is 3.38. The molecule has 0 saturated heterocycles. The number of guanidine groups is 1. The van der Waals surface area contributed by atoms with Crippen molar-refractivity contribution in [2.24, 2.45) is 4.99 Å². The second-order valence-corrected chi connectivity index (χ2v) is 4.12. The normalized spacial score (nSPS) is 15.2. The summed E-state index contributed by atoms with van der Waals surface area (Å²) < 4.78 is 0. The van der Waals surface area contributed by atoms with Crippen LogP contribution in [0.4, 0.5) is 0 Å². The number of aromatic nitrogens is 1. The summed E-state index contributed by atoms with van der Waals surface area (Å²) in [4.78, 5) is 8.72. The molecule has 4 heteroatoms. The first-order valence-corrected chi connectivity index (χ1v) is 5.70. The summed E-state index contributed by atoms with van der Waals surface area (Å²) in [6, 6.07) is 4.20. The zero-order valence-electron chi connectivity index (χ0n) is 9.88. The van der Waals surface area contributed by atoms with Gasteiger partial charge in [0.2, 0.25) is 0 Å². The molecule has 1 aromatic rings. The second kappa shape index (κ2) is 4.96. The van der Waals surface area contributed by atoms with Gasteiger partial charge in [-0.3, -0.25) is 9.98 Å². The highest BCUT2D eigenvalue weighted by Gasteiger charge is 2.03. The topological polar surface area (TPSA) is 49.3 Å². The Balaban J connectivity index is 1.96. The Morgan fingerprint density at radius 1 is 1.31 bits per heavy atom. The number of hydrogen-bond donors (Lipinski definition) is 2. The number of rotatable bonds is 2. The number of nitrogens with zero attached hydrogens (tertiary/aromatic N) is 2. The van der Waals surface area contributed by atoms with Gasteiger partial charge in [0.05, 0.1) is 0 Å². The van der Waals surface area contributed by atoms with Gasteiger partial charge in [-0.15, -0.1) is 0 Å². The van der Waals surface area contributed by atoms with E-state index in [0.717, 1.165) is 43.4 Å². The first-order chi connectivity index (χ1) is 7.74. The van der Waals surface area contributed by atoms with Crippen LogP contribution in [0.2, 0.25) is 0 Å². The molecule has 0 amide bonds. The number of aryl methyl sites for hydroxylation is 2. The van der Waals surface area contributed by atoms with Crippen LogP contribution < -0.4 is 10.6 Å². The van der Waals surface area contributed by atoms with Gasteiger partial charge < -0.3 is 10.6 Å².